The van der Waals surface area contributed by atoms with Crippen LogP contribution < -0.4 is 9.64 Å². The smallest absolute Gasteiger partial charge is 0.257 e. The van der Waals surface area contributed by atoms with E-state index in [1.807, 2.05) is 31.2 Å². The molecule has 0 aromatic heterocycles. The van der Waals surface area contributed by atoms with Crippen LogP contribution in [0.2, 0.25) is 0 Å². The Morgan fingerprint density at radius 2 is 1.85 bits per heavy atom. The third-order valence-corrected chi connectivity index (χ3v) is 4.48. The number of hydrogen-bond acceptors (Lipinski definition) is 3. The number of rotatable bonds is 4. The summed E-state index contributed by atoms with van der Waals surface area (Å²) >= 11 is 0. The fourth-order valence-corrected chi connectivity index (χ4v) is 3.13. The highest BCUT2D eigenvalue weighted by Crippen LogP contribution is 2.31. The number of nitrogens with zero attached hydrogens (tertiary/aromatic N) is 2. The molecule has 1 fully saturated rings. The second-order valence-electron chi connectivity index (χ2n) is 6.04. The predicted molar refractivity (Wildman–Crippen MR) is 96.9 cm³/mol. The summed E-state index contributed by atoms with van der Waals surface area (Å²) in [7, 11) is 0. The maximum atomic E-state index is 13.9. The molecule has 1 aliphatic rings. The minimum absolute atomic E-state index is 0.0182. The van der Waals surface area contributed by atoms with Gasteiger partial charge in [0.15, 0.2) is 0 Å². The Hall–Kier alpha value is -2.89. The fraction of sp³-hybridized carbons (Fsp3) is 0.300. The molecule has 2 aromatic carbocycles. The lowest BCUT2D eigenvalue weighted by atomic mass is 10.1. The zero-order valence-electron chi connectivity index (χ0n) is 14.8. The van der Waals surface area contributed by atoms with Gasteiger partial charge in [-0.1, -0.05) is 24.3 Å². The minimum atomic E-state index is -0.689. The van der Waals surface area contributed by atoms with Crippen molar-refractivity contribution in [2.75, 3.05) is 24.6 Å². The molecule has 2 aromatic rings. The van der Waals surface area contributed by atoms with Crippen molar-refractivity contribution < 1.29 is 18.7 Å². The second kappa shape index (κ2) is 7.56. The number of hydrogen-bond donors (Lipinski definition) is 0. The molecule has 0 saturated carbocycles. The molecular formula is C20H21FN2O3. The van der Waals surface area contributed by atoms with Crippen molar-refractivity contribution in [1.82, 2.24) is 4.90 Å². The van der Waals surface area contributed by atoms with E-state index < -0.39 is 17.8 Å². The molecule has 2 amide bonds. The van der Waals surface area contributed by atoms with Crippen LogP contribution in [0.4, 0.5) is 10.1 Å². The van der Waals surface area contributed by atoms with Crippen molar-refractivity contribution in [2.45, 2.75) is 19.9 Å². The van der Waals surface area contributed by atoms with Crippen molar-refractivity contribution in [3.8, 4) is 5.75 Å². The van der Waals surface area contributed by atoms with Gasteiger partial charge >= 0.3 is 0 Å². The first-order valence-electron chi connectivity index (χ1n) is 8.63. The van der Waals surface area contributed by atoms with E-state index in [-0.39, 0.29) is 11.5 Å². The van der Waals surface area contributed by atoms with Gasteiger partial charge in [-0.3, -0.25) is 9.59 Å². The summed E-state index contributed by atoms with van der Waals surface area (Å²) in [6.07, 6.45) is 0. The fourth-order valence-electron chi connectivity index (χ4n) is 3.13. The summed E-state index contributed by atoms with van der Waals surface area (Å²) in [6, 6.07) is 12.5. The van der Waals surface area contributed by atoms with E-state index in [2.05, 4.69) is 0 Å². The highest BCUT2D eigenvalue weighted by Gasteiger charge is 2.36. The van der Waals surface area contributed by atoms with Gasteiger partial charge in [-0.25, -0.2) is 4.39 Å². The summed E-state index contributed by atoms with van der Waals surface area (Å²) in [5.41, 5.74) is 0.666. The maximum absolute atomic E-state index is 13.9. The average molecular weight is 356 g/mol. The number of piperazine rings is 1. The summed E-state index contributed by atoms with van der Waals surface area (Å²) in [4.78, 5) is 28.6. The highest BCUT2D eigenvalue weighted by atomic mass is 19.1. The van der Waals surface area contributed by atoms with Crippen LogP contribution in [0.3, 0.4) is 0 Å². The SMILES string of the molecule is CCOc1ccccc1N1CCN(C(=O)c2ccccc2F)[C@@H](C)C1=O. The van der Waals surface area contributed by atoms with Gasteiger partial charge in [-0.15, -0.1) is 0 Å². The van der Waals surface area contributed by atoms with E-state index in [4.69, 9.17) is 4.74 Å². The van der Waals surface area contributed by atoms with Crippen LogP contribution in [-0.4, -0.2) is 42.5 Å². The normalized spacial score (nSPS) is 17.3. The largest absolute Gasteiger partial charge is 0.492 e. The van der Waals surface area contributed by atoms with Crippen molar-refractivity contribution in [3.63, 3.8) is 0 Å². The van der Waals surface area contributed by atoms with Gasteiger partial charge in [-0.05, 0) is 38.1 Å². The number of halogens is 1. The molecule has 136 valence electrons. The number of para-hydroxylation sites is 2. The van der Waals surface area contributed by atoms with Gasteiger partial charge in [0, 0.05) is 13.1 Å². The minimum Gasteiger partial charge on any atom is -0.492 e. The first-order valence-corrected chi connectivity index (χ1v) is 8.63. The standard InChI is InChI=1S/C20H21FN2O3/c1-3-26-18-11-7-6-10-17(18)23-13-12-22(14(2)19(23)24)20(25)15-8-4-5-9-16(15)21/h4-11,14H,3,12-13H2,1-2H3/t14-/m0/s1. The van der Waals surface area contributed by atoms with E-state index in [1.54, 1.807) is 17.9 Å². The number of ether oxygens (including phenoxy) is 1. The summed E-state index contributed by atoms with van der Waals surface area (Å²) < 4.78 is 19.5. The number of benzene rings is 2. The number of carbonyl (C=O) groups excluding carboxylic acids is 2. The summed E-state index contributed by atoms with van der Waals surface area (Å²) in [6.45, 7) is 4.68. The Morgan fingerprint density at radius 3 is 2.58 bits per heavy atom. The Balaban J connectivity index is 1.84. The molecule has 1 saturated heterocycles. The molecule has 0 N–H and O–H groups in total. The van der Waals surface area contributed by atoms with Crippen molar-refractivity contribution in [2.24, 2.45) is 0 Å². The predicted octanol–water partition coefficient (Wildman–Crippen LogP) is 3.10. The Labute approximate surface area is 152 Å². The van der Waals surface area contributed by atoms with Crippen molar-refractivity contribution >= 4 is 17.5 Å². The Bertz CT molecular complexity index is 824. The monoisotopic (exact) mass is 356 g/mol. The molecule has 0 unspecified atom stereocenters. The highest BCUT2D eigenvalue weighted by molar-refractivity contribution is 6.04. The van der Waals surface area contributed by atoms with Crippen LogP contribution in [0.25, 0.3) is 0 Å². The Morgan fingerprint density at radius 1 is 1.15 bits per heavy atom. The zero-order valence-corrected chi connectivity index (χ0v) is 14.8. The molecule has 0 radical (unpaired) electrons. The quantitative estimate of drug-likeness (QED) is 0.846. The summed E-state index contributed by atoms with van der Waals surface area (Å²) in [5.74, 6) is -0.638. The molecule has 0 bridgehead atoms. The first kappa shape index (κ1) is 17.9. The molecule has 1 aliphatic heterocycles. The van der Waals surface area contributed by atoms with E-state index in [1.165, 1.54) is 23.1 Å². The van der Waals surface area contributed by atoms with Gasteiger partial charge in [0.05, 0.1) is 17.9 Å². The maximum Gasteiger partial charge on any atom is 0.257 e. The summed E-state index contributed by atoms with van der Waals surface area (Å²) in [5, 5.41) is 0. The zero-order chi connectivity index (χ0) is 18.7. The molecule has 5 nitrogen and oxygen atoms in total. The number of anilines is 1. The van der Waals surface area contributed by atoms with E-state index in [9.17, 15) is 14.0 Å². The van der Waals surface area contributed by atoms with Gasteiger partial charge < -0.3 is 14.5 Å². The number of carbonyl (C=O) groups is 2. The van der Waals surface area contributed by atoms with Crippen molar-refractivity contribution in [1.29, 1.82) is 0 Å². The molecule has 1 heterocycles. The first-order chi connectivity index (χ1) is 12.5. The Kier molecular flexibility index (Phi) is 5.21. The third-order valence-electron chi connectivity index (χ3n) is 4.48. The molecule has 0 aliphatic carbocycles. The van der Waals surface area contributed by atoms with Crippen molar-refractivity contribution in [3.05, 3.63) is 59.9 Å². The topological polar surface area (TPSA) is 49.9 Å². The lowest BCUT2D eigenvalue weighted by molar-refractivity contribution is -0.124. The van der Waals surface area contributed by atoms with Gasteiger partial charge in [0.1, 0.15) is 17.6 Å². The molecule has 3 rings (SSSR count). The van der Waals surface area contributed by atoms with E-state index in [0.717, 1.165) is 0 Å². The van der Waals surface area contributed by atoms with Gasteiger partial charge in [0.2, 0.25) is 5.91 Å². The molecule has 26 heavy (non-hydrogen) atoms. The molecule has 6 heteroatoms. The molecule has 1 atom stereocenters. The van der Waals surface area contributed by atoms with Gasteiger partial charge in [0.25, 0.3) is 5.91 Å². The lowest BCUT2D eigenvalue weighted by Gasteiger charge is -2.39. The van der Waals surface area contributed by atoms with Crippen LogP contribution in [0, 0.1) is 5.82 Å². The molecular weight excluding hydrogens is 335 g/mol. The number of amides is 2. The van der Waals surface area contributed by atoms with E-state index in [0.29, 0.717) is 31.1 Å². The van der Waals surface area contributed by atoms with Gasteiger partial charge in [-0.2, -0.15) is 0 Å². The van der Waals surface area contributed by atoms with E-state index >= 15 is 0 Å². The average Bonchev–Trinajstić information content (AvgIpc) is 2.65. The van der Waals surface area contributed by atoms with Crippen LogP contribution >= 0.6 is 0 Å². The molecule has 0 spiro atoms. The second-order valence-corrected chi connectivity index (χ2v) is 6.04. The van der Waals surface area contributed by atoms with Crippen LogP contribution in [-0.2, 0) is 4.79 Å². The van der Waals surface area contributed by atoms with Crippen LogP contribution in [0.1, 0.15) is 24.2 Å². The lowest BCUT2D eigenvalue weighted by Crippen LogP contribution is -2.58. The van der Waals surface area contributed by atoms with Crippen LogP contribution in [0.15, 0.2) is 48.5 Å². The third kappa shape index (κ3) is 3.27. The van der Waals surface area contributed by atoms with Crippen LogP contribution in [0.5, 0.6) is 5.75 Å².